The summed E-state index contributed by atoms with van der Waals surface area (Å²) in [6.07, 6.45) is 5.83. The van der Waals surface area contributed by atoms with E-state index in [2.05, 4.69) is 44.6 Å². The van der Waals surface area contributed by atoms with Crippen molar-refractivity contribution in [3.8, 4) is 0 Å². The quantitative estimate of drug-likeness (QED) is 0.585. The predicted octanol–water partition coefficient (Wildman–Crippen LogP) is 1.90. The average Bonchev–Trinajstić information content (AvgIpc) is 3.30. The Kier molecular flexibility index (Phi) is 6.44. The van der Waals surface area contributed by atoms with Crippen LogP contribution in [0.5, 0.6) is 0 Å². The lowest BCUT2D eigenvalue weighted by atomic mass is 10.0. The molecule has 1 saturated heterocycles. The molecule has 0 saturated carbocycles. The van der Waals surface area contributed by atoms with E-state index in [1.54, 1.807) is 0 Å². The van der Waals surface area contributed by atoms with Crippen LogP contribution in [0.4, 0.5) is 0 Å². The summed E-state index contributed by atoms with van der Waals surface area (Å²) < 4.78 is 1.99. The van der Waals surface area contributed by atoms with E-state index < -0.39 is 0 Å². The summed E-state index contributed by atoms with van der Waals surface area (Å²) in [5, 5.41) is 15.3. The van der Waals surface area contributed by atoms with Gasteiger partial charge in [0.05, 0.1) is 6.54 Å². The Morgan fingerprint density at radius 2 is 2.00 bits per heavy atom. The maximum absolute atomic E-state index is 4.36. The Labute approximate surface area is 155 Å². The number of fused-ring (bicyclic) bond motifs is 1. The number of rotatable bonds is 7. The third-order valence-corrected chi connectivity index (χ3v) is 4.93. The van der Waals surface area contributed by atoms with Gasteiger partial charge in [-0.15, -0.1) is 10.2 Å². The Balaban J connectivity index is 1.55. The van der Waals surface area contributed by atoms with E-state index in [9.17, 15) is 0 Å². The van der Waals surface area contributed by atoms with Gasteiger partial charge in [-0.3, -0.25) is 14.3 Å². The van der Waals surface area contributed by atoms with Crippen LogP contribution in [0.2, 0.25) is 0 Å². The summed E-state index contributed by atoms with van der Waals surface area (Å²) in [6.45, 7) is 8.54. The Morgan fingerprint density at radius 3 is 2.73 bits per heavy atom. The molecule has 3 heterocycles. The normalized spacial score (nSPS) is 17.2. The minimum atomic E-state index is 0.560. The molecule has 0 aromatic carbocycles. The predicted molar refractivity (Wildman–Crippen MR) is 105 cm³/mol. The van der Waals surface area contributed by atoms with E-state index >= 15 is 0 Å². The van der Waals surface area contributed by atoms with E-state index in [0.717, 1.165) is 24.0 Å². The fraction of sp³-hybridized carbons (Fsp3) is 0.632. The summed E-state index contributed by atoms with van der Waals surface area (Å²) in [4.78, 5) is 6.98. The van der Waals surface area contributed by atoms with Crippen molar-refractivity contribution >= 4 is 11.6 Å². The smallest absolute Gasteiger partial charge is 0.191 e. The number of hydrogen-bond acceptors (Lipinski definition) is 4. The maximum Gasteiger partial charge on any atom is 0.191 e. The van der Waals surface area contributed by atoms with Crippen LogP contribution in [0.1, 0.15) is 38.9 Å². The molecule has 1 aliphatic rings. The Morgan fingerprint density at radius 1 is 1.19 bits per heavy atom. The Hall–Kier alpha value is -2.15. The molecule has 142 valence electrons. The monoisotopic (exact) mass is 357 g/mol. The van der Waals surface area contributed by atoms with Crippen molar-refractivity contribution in [2.75, 3.05) is 26.7 Å². The highest BCUT2D eigenvalue weighted by Gasteiger charge is 2.22. The van der Waals surface area contributed by atoms with Crippen LogP contribution in [-0.4, -0.2) is 58.2 Å². The minimum Gasteiger partial charge on any atom is -0.355 e. The molecule has 2 aromatic heterocycles. The number of nitrogens with zero attached hydrogens (tertiary/aromatic N) is 5. The van der Waals surface area contributed by atoms with Crippen LogP contribution in [-0.2, 0) is 6.54 Å². The molecule has 3 rings (SSSR count). The molecule has 0 radical (unpaired) electrons. The number of likely N-dealkylation sites (tertiary alicyclic amines) is 1. The van der Waals surface area contributed by atoms with Crippen molar-refractivity contribution in [3.05, 3.63) is 30.2 Å². The van der Waals surface area contributed by atoms with Crippen molar-refractivity contribution in [3.63, 3.8) is 0 Å². The van der Waals surface area contributed by atoms with Crippen molar-refractivity contribution in [2.45, 2.75) is 45.7 Å². The van der Waals surface area contributed by atoms with Gasteiger partial charge in [-0.1, -0.05) is 19.9 Å². The summed E-state index contributed by atoms with van der Waals surface area (Å²) >= 11 is 0. The highest BCUT2D eigenvalue weighted by atomic mass is 15.3. The van der Waals surface area contributed by atoms with Gasteiger partial charge in [0.2, 0.25) is 0 Å². The zero-order valence-corrected chi connectivity index (χ0v) is 16.1. The van der Waals surface area contributed by atoms with Crippen LogP contribution < -0.4 is 10.6 Å². The van der Waals surface area contributed by atoms with Gasteiger partial charge in [0.25, 0.3) is 0 Å². The van der Waals surface area contributed by atoms with E-state index in [4.69, 9.17) is 0 Å². The van der Waals surface area contributed by atoms with Crippen molar-refractivity contribution in [1.82, 2.24) is 30.1 Å². The summed E-state index contributed by atoms with van der Waals surface area (Å²) in [7, 11) is 1.81. The number of hydrogen-bond donors (Lipinski definition) is 2. The second-order valence-electron chi connectivity index (χ2n) is 7.38. The fourth-order valence-corrected chi connectivity index (χ4v) is 3.62. The molecule has 1 aliphatic heterocycles. The standard InChI is InChI=1S/C19H31N7/c1-15(2)12-16(25-9-6-7-10-25)13-21-19(20-3)22-14-18-24-23-17-8-4-5-11-26(17)18/h4-5,8,11,15-16H,6-7,9-10,12-14H2,1-3H3,(H2,20,21,22). The van der Waals surface area contributed by atoms with E-state index in [1.165, 1.54) is 32.4 Å². The second kappa shape index (κ2) is 8.98. The first-order valence-electron chi connectivity index (χ1n) is 9.64. The molecule has 26 heavy (non-hydrogen) atoms. The number of aliphatic imine (C=N–C) groups is 1. The van der Waals surface area contributed by atoms with Crippen molar-refractivity contribution < 1.29 is 0 Å². The minimum absolute atomic E-state index is 0.560. The summed E-state index contributed by atoms with van der Waals surface area (Å²) in [5.41, 5.74) is 0.860. The van der Waals surface area contributed by atoms with Gasteiger partial charge < -0.3 is 10.6 Å². The topological polar surface area (TPSA) is 69.8 Å². The van der Waals surface area contributed by atoms with Gasteiger partial charge in [0, 0.05) is 25.8 Å². The zero-order chi connectivity index (χ0) is 18.4. The van der Waals surface area contributed by atoms with E-state index in [-0.39, 0.29) is 0 Å². The molecule has 2 aromatic rings. The maximum atomic E-state index is 4.36. The van der Waals surface area contributed by atoms with Crippen LogP contribution in [0, 0.1) is 5.92 Å². The molecule has 7 heteroatoms. The van der Waals surface area contributed by atoms with Crippen LogP contribution >= 0.6 is 0 Å². The van der Waals surface area contributed by atoms with Crippen molar-refractivity contribution in [1.29, 1.82) is 0 Å². The van der Waals surface area contributed by atoms with Crippen molar-refractivity contribution in [2.24, 2.45) is 10.9 Å². The summed E-state index contributed by atoms with van der Waals surface area (Å²) in [5.74, 6) is 2.38. The number of nitrogens with one attached hydrogen (secondary N) is 2. The second-order valence-corrected chi connectivity index (χ2v) is 7.38. The molecular formula is C19H31N7. The first kappa shape index (κ1) is 18.6. The third-order valence-electron chi connectivity index (χ3n) is 4.93. The molecule has 7 nitrogen and oxygen atoms in total. The summed E-state index contributed by atoms with van der Waals surface area (Å²) in [6, 6.07) is 6.47. The molecular weight excluding hydrogens is 326 g/mol. The first-order chi connectivity index (χ1) is 12.7. The molecule has 0 bridgehead atoms. The third kappa shape index (κ3) is 4.72. The van der Waals surface area contributed by atoms with Crippen LogP contribution in [0.25, 0.3) is 5.65 Å². The van der Waals surface area contributed by atoms with Gasteiger partial charge in [0.1, 0.15) is 0 Å². The van der Waals surface area contributed by atoms with Crippen LogP contribution in [0.15, 0.2) is 29.4 Å². The molecule has 0 spiro atoms. The van der Waals surface area contributed by atoms with Crippen LogP contribution in [0.3, 0.4) is 0 Å². The lowest BCUT2D eigenvalue weighted by Crippen LogP contribution is -2.46. The molecule has 0 aliphatic carbocycles. The number of aromatic nitrogens is 3. The molecule has 1 unspecified atom stereocenters. The average molecular weight is 358 g/mol. The van der Waals surface area contributed by atoms with Gasteiger partial charge >= 0.3 is 0 Å². The lowest BCUT2D eigenvalue weighted by molar-refractivity contribution is 0.213. The van der Waals surface area contributed by atoms with Gasteiger partial charge in [0.15, 0.2) is 17.4 Å². The van der Waals surface area contributed by atoms with E-state index in [1.807, 2.05) is 35.8 Å². The van der Waals surface area contributed by atoms with E-state index in [0.29, 0.717) is 18.5 Å². The number of guanidine groups is 1. The molecule has 0 amide bonds. The van der Waals surface area contributed by atoms with Gasteiger partial charge in [-0.25, -0.2) is 0 Å². The highest BCUT2D eigenvalue weighted by Crippen LogP contribution is 2.17. The fourth-order valence-electron chi connectivity index (χ4n) is 3.62. The highest BCUT2D eigenvalue weighted by molar-refractivity contribution is 5.79. The largest absolute Gasteiger partial charge is 0.355 e. The first-order valence-corrected chi connectivity index (χ1v) is 9.64. The molecule has 2 N–H and O–H groups in total. The van der Waals surface area contributed by atoms with Gasteiger partial charge in [-0.05, 0) is 50.4 Å². The Bertz CT molecular complexity index is 716. The SMILES string of the molecule is CN=C(NCc1nnc2ccccn12)NCC(CC(C)C)N1CCCC1. The zero-order valence-electron chi connectivity index (χ0n) is 16.1. The number of pyridine rings is 1. The lowest BCUT2D eigenvalue weighted by Gasteiger charge is -2.29. The molecule has 1 fully saturated rings. The van der Waals surface area contributed by atoms with Gasteiger partial charge in [-0.2, -0.15) is 0 Å². The molecule has 1 atom stereocenters.